The Morgan fingerprint density at radius 1 is 1.44 bits per heavy atom. The minimum Gasteiger partial charge on any atom is -0.383 e. The Kier molecular flexibility index (Phi) is 6.72. The molecule has 0 aliphatic rings. The summed E-state index contributed by atoms with van der Waals surface area (Å²) < 4.78 is 5.10. The second kappa shape index (κ2) is 8.21. The molecular weight excluding hydrogens is 202 g/mol. The van der Waals surface area contributed by atoms with Crippen molar-refractivity contribution in [1.29, 1.82) is 0 Å². The third-order valence-electron chi connectivity index (χ3n) is 2.42. The van der Waals surface area contributed by atoms with Crippen LogP contribution in [-0.4, -0.2) is 43.2 Å². The smallest absolute Gasteiger partial charge is 0.0589 e. The van der Waals surface area contributed by atoms with E-state index in [0.29, 0.717) is 0 Å². The molecule has 0 atom stereocenters. The molecule has 90 valence electrons. The zero-order chi connectivity index (χ0) is 11.6. The van der Waals surface area contributed by atoms with E-state index in [1.165, 1.54) is 5.56 Å². The summed E-state index contributed by atoms with van der Waals surface area (Å²) in [6.45, 7) is 4.35. The van der Waals surface area contributed by atoms with Crippen LogP contribution in [0, 0.1) is 0 Å². The van der Waals surface area contributed by atoms with E-state index in [-0.39, 0.29) is 0 Å². The number of methoxy groups -OCH3 is 1. The third kappa shape index (κ3) is 5.21. The highest BCUT2D eigenvalue weighted by Crippen LogP contribution is 2.03. The topological polar surface area (TPSA) is 51.4 Å². The van der Waals surface area contributed by atoms with E-state index in [0.717, 1.165) is 39.2 Å². The van der Waals surface area contributed by atoms with Gasteiger partial charge in [-0.3, -0.25) is 9.88 Å². The van der Waals surface area contributed by atoms with Gasteiger partial charge in [-0.15, -0.1) is 0 Å². The molecule has 0 aromatic carbocycles. The first-order valence-electron chi connectivity index (χ1n) is 5.67. The van der Waals surface area contributed by atoms with Crippen LogP contribution < -0.4 is 5.73 Å². The zero-order valence-corrected chi connectivity index (χ0v) is 9.93. The lowest BCUT2D eigenvalue weighted by Crippen LogP contribution is -2.29. The minimum atomic E-state index is 0.733. The van der Waals surface area contributed by atoms with E-state index >= 15 is 0 Å². The second-order valence-corrected chi connectivity index (χ2v) is 3.77. The molecule has 0 aliphatic carbocycles. The number of aromatic nitrogens is 1. The summed E-state index contributed by atoms with van der Waals surface area (Å²) in [6.07, 6.45) is 4.72. The molecule has 0 aliphatic heterocycles. The number of hydrogen-bond donors (Lipinski definition) is 1. The number of pyridine rings is 1. The lowest BCUT2D eigenvalue weighted by molar-refractivity contribution is 0.143. The van der Waals surface area contributed by atoms with Crippen LogP contribution in [0.15, 0.2) is 24.5 Å². The summed E-state index contributed by atoms with van der Waals surface area (Å²) in [6, 6.07) is 4.06. The number of hydrogen-bond acceptors (Lipinski definition) is 4. The molecule has 0 bridgehead atoms. The number of nitrogens with zero attached hydrogens (tertiary/aromatic N) is 2. The zero-order valence-electron chi connectivity index (χ0n) is 9.93. The van der Waals surface area contributed by atoms with E-state index in [2.05, 4.69) is 16.0 Å². The van der Waals surface area contributed by atoms with E-state index in [1.54, 1.807) is 13.3 Å². The molecule has 1 heterocycles. The van der Waals surface area contributed by atoms with Crippen molar-refractivity contribution < 1.29 is 4.74 Å². The summed E-state index contributed by atoms with van der Waals surface area (Å²) in [4.78, 5) is 6.46. The molecule has 1 aromatic heterocycles. The van der Waals surface area contributed by atoms with E-state index in [4.69, 9.17) is 10.5 Å². The van der Waals surface area contributed by atoms with Crippen LogP contribution in [0.1, 0.15) is 12.0 Å². The van der Waals surface area contributed by atoms with E-state index in [1.807, 2.05) is 12.3 Å². The Morgan fingerprint density at radius 3 is 2.94 bits per heavy atom. The van der Waals surface area contributed by atoms with Crippen LogP contribution >= 0.6 is 0 Å². The van der Waals surface area contributed by atoms with Crippen LogP contribution in [0.5, 0.6) is 0 Å². The van der Waals surface area contributed by atoms with Gasteiger partial charge in [0.1, 0.15) is 0 Å². The van der Waals surface area contributed by atoms with Crippen molar-refractivity contribution in [2.24, 2.45) is 5.73 Å². The molecule has 0 amide bonds. The maximum atomic E-state index is 5.53. The second-order valence-electron chi connectivity index (χ2n) is 3.77. The summed E-state index contributed by atoms with van der Waals surface area (Å²) >= 11 is 0. The van der Waals surface area contributed by atoms with Gasteiger partial charge >= 0.3 is 0 Å². The predicted octanol–water partition coefficient (Wildman–Crippen LogP) is 0.879. The van der Waals surface area contributed by atoms with E-state index in [9.17, 15) is 0 Å². The van der Waals surface area contributed by atoms with Crippen molar-refractivity contribution >= 4 is 0 Å². The average Bonchev–Trinajstić information content (AvgIpc) is 2.34. The summed E-state index contributed by atoms with van der Waals surface area (Å²) in [5.41, 5.74) is 6.76. The SMILES string of the molecule is COCCN(CCCN)Cc1cccnc1. The van der Waals surface area contributed by atoms with Gasteiger partial charge in [-0.1, -0.05) is 6.07 Å². The molecule has 0 saturated carbocycles. The molecule has 1 aromatic rings. The Bertz CT molecular complexity index is 258. The van der Waals surface area contributed by atoms with Crippen LogP contribution in [-0.2, 0) is 11.3 Å². The average molecular weight is 223 g/mol. The molecule has 1 rings (SSSR count). The molecule has 16 heavy (non-hydrogen) atoms. The highest BCUT2D eigenvalue weighted by Gasteiger charge is 2.05. The first-order valence-corrected chi connectivity index (χ1v) is 5.67. The standard InChI is InChI=1S/C12H21N3O/c1-16-9-8-15(7-3-5-13)11-12-4-2-6-14-10-12/h2,4,6,10H,3,5,7-9,11,13H2,1H3. The predicted molar refractivity (Wildman–Crippen MR) is 65.1 cm³/mol. The van der Waals surface area contributed by atoms with Gasteiger partial charge in [0.15, 0.2) is 0 Å². The van der Waals surface area contributed by atoms with Crippen molar-refractivity contribution in [3.8, 4) is 0 Å². The van der Waals surface area contributed by atoms with Crippen molar-refractivity contribution in [1.82, 2.24) is 9.88 Å². The van der Waals surface area contributed by atoms with Crippen molar-refractivity contribution in [2.75, 3.05) is 33.4 Å². The molecule has 4 nitrogen and oxygen atoms in total. The molecule has 0 unspecified atom stereocenters. The maximum absolute atomic E-state index is 5.53. The van der Waals surface area contributed by atoms with Gasteiger partial charge in [-0.25, -0.2) is 0 Å². The summed E-state index contributed by atoms with van der Waals surface area (Å²) in [5.74, 6) is 0. The highest BCUT2D eigenvalue weighted by atomic mass is 16.5. The minimum absolute atomic E-state index is 0.733. The first-order chi connectivity index (χ1) is 7.86. The van der Waals surface area contributed by atoms with Gasteiger partial charge in [0.2, 0.25) is 0 Å². The van der Waals surface area contributed by atoms with Crippen molar-refractivity contribution in [3.63, 3.8) is 0 Å². The summed E-state index contributed by atoms with van der Waals surface area (Å²) in [7, 11) is 1.73. The molecule has 0 saturated heterocycles. The van der Waals surface area contributed by atoms with Gasteiger partial charge < -0.3 is 10.5 Å². The first kappa shape index (κ1) is 13.1. The molecule has 0 spiro atoms. The fraction of sp³-hybridized carbons (Fsp3) is 0.583. The van der Waals surface area contributed by atoms with Crippen molar-refractivity contribution in [3.05, 3.63) is 30.1 Å². The number of ether oxygens (including phenoxy) is 1. The highest BCUT2D eigenvalue weighted by molar-refractivity contribution is 5.08. The van der Waals surface area contributed by atoms with Gasteiger partial charge in [0.25, 0.3) is 0 Å². The molecule has 0 radical (unpaired) electrons. The fourth-order valence-corrected chi connectivity index (χ4v) is 1.56. The Balaban J connectivity index is 2.42. The normalized spacial score (nSPS) is 10.9. The lowest BCUT2D eigenvalue weighted by Gasteiger charge is -2.21. The van der Waals surface area contributed by atoms with Crippen LogP contribution in [0.3, 0.4) is 0 Å². The van der Waals surface area contributed by atoms with Crippen LogP contribution in [0.4, 0.5) is 0 Å². The molecule has 2 N–H and O–H groups in total. The molecular formula is C12H21N3O. The Labute approximate surface area is 97.4 Å². The van der Waals surface area contributed by atoms with Gasteiger partial charge in [0.05, 0.1) is 6.61 Å². The number of nitrogens with two attached hydrogens (primary N) is 1. The van der Waals surface area contributed by atoms with Crippen LogP contribution in [0.2, 0.25) is 0 Å². The van der Waals surface area contributed by atoms with Gasteiger partial charge in [-0.05, 0) is 31.1 Å². The fourth-order valence-electron chi connectivity index (χ4n) is 1.56. The summed E-state index contributed by atoms with van der Waals surface area (Å²) in [5, 5.41) is 0. The van der Waals surface area contributed by atoms with Gasteiger partial charge in [-0.2, -0.15) is 0 Å². The third-order valence-corrected chi connectivity index (χ3v) is 2.42. The Hall–Kier alpha value is -0.970. The molecule has 4 heteroatoms. The van der Waals surface area contributed by atoms with E-state index < -0.39 is 0 Å². The largest absolute Gasteiger partial charge is 0.383 e. The Morgan fingerprint density at radius 2 is 2.31 bits per heavy atom. The quantitative estimate of drug-likeness (QED) is 0.711. The number of rotatable bonds is 8. The van der Waals surface area contributed by atoms with Crippen molar-refractivity contribution in [2.45, 2.75) is 13.0 Å². The van der Waals surface area contributed by atoms with Crippen LogP contribution in [0.25, 0.3) is 0 Å². The maximum Gasteiger partial charge on any atom is 0.0589 e. The lowest BCUT2D eigenvalue weighted by atomic mass is 10.2. The molecule has 0 fully saturated rings. The van der Waals surface area contributed by atoms with Gasteiger partial charge in [0, 0.05) is 32.6 Å². The monoisotopic (exact) mass is 223 g/mol.